The second-order valence-electron chi connectivity index (χ2n) is 5.93. The maximum Gasteiger partial charge on any atom is 0.408 e. The van der Waals surface area contributed by atoms with Crippen molar-refractivity contribution in [3.05, 3.63) is 12.7 Å². The zero-order valence-corrected chi connectivity index (χ0v) is 14.5. The molecule has 0 aliphatic carbocycles. The Balaban J connectivity index is 4.80. The predicted octanol–water partition coefficient (Wildman–Crippen LogP) is 1.52. The lowest BCUT2D eigenvalue weighted by molar-refractivity contribution is -0.145. The highest BCUT2D eigenvalue weighted by Crippen LogP contribution is 2.09. The van der Waals surface area contributed by atoms with Crippen LogP contribution in [0.2, 0.25) is 0 Å². The summed E-state index contributed by atoms with van der Waals surface area (Å²) < 4.78 is 14.3. The zero-order chi connectivity index (χ0) is 18.8. The third-order valence-electron chi connectivity index (χ3n) is 2.63. The van der Waals surface area contributed by atoms with Crippen LogP contribution in [-0.2, 0) is 28.6 Å². The van der Waals surface area contributed by atoms with Gasteiger partial charge in [-0.3, -0.25) is 14.4 Å². The van der Waals surface area contributed by atoms with Gasteiger partial charge in [0.1, 0.15) is 18.6 Å². The van der Waals surface area contributed by atoms with Gasteiger partial charge in [0.2, 0.25) is 0 Å². The third-order valence-corrected chi connectivity index (χ3v) is 2.63. The molecule has 136 valence electrons. The Morgan fingerprint density at radius 2 is 1.79 bits per heavy atom. The SMILES string of the molecule is C=CCOC(=O)CC(=O)[C@H](CCC(=O)OC)NC(=O)OC(C)(C)C. The number of hydrogen-bond acceptors (Lipinski definition) is 7. The Bertz CT molecular complexity index is 479. The van der Waals surface area contributed by atoms with Gasteiger partial charge in [0, 0.05) is 6.42 Å². The highest BCUT2D eigenvalue weighted by Gasteiger charge is 2.26. The van der Waals surface area contributed by atoms with Crippen molar-refractivity contribution in [3.63, 3.8) is 0 Å². The fraction of sp³-hybridized carbons (Fsp3) is 0.625. The van der Waals surface area contributed by atoms with Crippen LogP contribution in [0.4, 0.5) is 4.79 Å². The van der Waals surface area contributed by atoms with E-state index in [2.05, 4.69) is 16.6 Å². The number of rotatable bonds is 9. The van der Waals surface area contributed by atoms with E-state index in [0.29, 0.717) is 0 Å². The number of methoxy groups -OCH3 is 1. The number of hydrogen-bond donors (Lipinski definition) is 1. The van der Waals surface area contributed by atoms with Crippen LogP contribution in [0.5, 0.6) is 0 Å². The number of ether oxygens (including phenoxy) is 3. The molecule has 0 spiro atoms. The topological polar surface area (TPSA) is 108 Å². The van der Waals surface area contributed by atoms with E-state index in [1.165, 1.54) is 13.2 Å². The number of carbonyl (C=O) groups excluding carboxylic acids is 4. The first kappa shape index (κ1) is 21.6. The van der Waals surface area contributed by atoms with Gasteiger partial charge in [-0.15, -0.1) is 0 Å². The van der Waals surface area contributed by atoms with Crippen molar-refractivity contribution >= 4 is 23.8 Å². The number of alkyl carbamates (subject to hydrolysis) is 1. The molecule has 0 unspecified atom stereocenters. The van der Waals surface area contributed by atoms with Gasteiger partial charge in [-0.2, -0.15) is 0 Å². The van der Waals surface area contributed by atoms with Crippen LogP contribution in [0.3, 0.4) is 0 Å². The van der Waals surface area contributed by atoms with Gasteiger partial charge >= 0.3 is 18.0 Å². The molecular weight excluding hydrogens is 318 g/mol. The monoisotopic (exact) mass is 343 g/mol. The van der Waals surface area contributed by atoms with Crippen LogP contribution in [0, 0.1) is 0 Å². The summed E-state index contributed by atoms with van der Waals surface area (Å²) in [4.78, 5) is 46.7. The second-order valence-corrected chi connectivity index (χ2v) is 5.93. The molecule has 0 aliphatic heterocycles. The molecule has 0 radical (unpaired) electrons. The predicted molar refractivity (Wildman–Crippen MR) is 85.2 cm³/mol. The van der Waals surface area contributed by atoms with E-state index < -0.39 is 41.9 Å². The zero-order valence-electron chi connectivity index (χ0n) is 14.5. The minimum absolute atomic E-state index is 0.0144. The largest absolute Gasteiger partial charge is 0.469 e. The molecule has 8 heteroatoms. The van der Waals surface area contributed by atoms with Gasteiger partial charge in [0.15, 0.2) is 5.78 Å². The molecule has 8 nitrogen and oxygen atoms in total. The lowest BCUT2D eigenvalue weighted by Gasteiger charge is -2.23. The number of amides is 1. The van der Waals surface area contributed by atoms with E-state index in [4.69, 9.17) is 9.47 Å². The molecule has 0 bridgehead atoms. The maximum absolute atomic E-state index is 12.2. The van der Waals surface area contributed by atoms with E-state index in [9.17, 15) is 19.2 Å². The molecule has 0 rings (SSSR count). The van der Waals surface area contributed by atoms with Crippen molar-refractivity contribution in [1.82, 2.24) is 5.32 Å². The highest BCUT2D eigenvalue weighted by molar-refractivity contribution is 5.99. The second kappa shape index (κ2) is 10.4. The first-order valence-corrected chi connectivity index (χ1v) is 7.44. The van der Waals surface area contributed by atoms with Crippen LogP contribution < -0.4 is 5.32 Å². The molecule has 0 aromatic carbocycles. The van der Waals surface area contributed by atoms with E-state index >= 15 is 0 Å². The summed E-state index contributed by atoms with van der Waals surface area (Å²) in [6, 6.07) is -1.06. The van der Waals surface area contributed by atoms with E-state index in [1.807, 2.05) is 0 Å². The van der Waals surface area contributed by atoms with Gasteiger partial charge in [-0.25, -0.2) is 4.79 Å². The highest BCUT2D eigenvalue weighted by atomic mass is 16.6. The average molecular weight is 343 g/mol. The minimum Gasteiger partial charge on any atom is -0.469 e. The molecule has 1 atom stereocenters. The molecule has 0 aliphatic rings. The lowest BCUT2D eigenvalue weighted by atomic mass is 10.0. The van der Waals surface area contributed by atoms with Crippen molar-refractivity contribution < 1.29 is 33.4 Å². The number of carbonyl (C=O) groups is 4. The molecule has 0 fully saturated rings. The summed E-state index contributed by atoms with van der Waals surface area (Å²) >= 11 is 0. The molecule has 0 aromatic rings. The van der Waals surface area contributed by atoms with Crippen molar-refractivity contribution in [1.29, 1.82) is 0 Å². The molecular formula is C16H25NO7. The quantitative estimate of drug-likeness (QED) is 0.293. The molecule has 1 amide bonds. The van der Waals surface area contributed by atoms with Gasteiger partial charge < -0.3 is 19.5 Å². The van der Waals surface area contributed by atoms with Gasteiger partial charge in [0.05, 0.1) is 13.2 Å². The fourth-order valence-electron chi connectivity index (χ4n) is 1.60. The number of esters is 2. The first-order chi connectivity index (χ1) is 11.1. The molecule has 0 saturated carbocycles. The molecule has 1 N–H and O–H groups in total. The molecule has 0 saturated heterocycles. The summed E-state index contributed by atoms with van der Waals surface area (Å²) in [5.74, 6) is -1.86. The standard InChI is InChI=1S/C16H25NO7/c1-6-9-23-14(20)10-12(18)11(7-8-13(19)22-5)17-15(21)24-16(2,3)4/h6,11H,1,7-10H2,2-5H3,(H,17,21)/t11-/m0/s1. The first-order valence-electron chi connectivity index (χ1n) is 7.44. The fourth-order valence-corrected chi connectivity index (χ4v) is 1.60. The van der Waals surface area contributed by atoms with Crippen LogP contribution in [0.1, 0.15) is 40.0 Å². The van der Waals surface area contributed by atoms with E-state index in [-0.39, 0.29) is 19.4 Å². The average Bonchev–Trinajstić information content (AvgIpc) is 2.46. The van der Waals surface area contributed by atoms with Crippen LogP contribution in [-0.4, -0.2) is 49.2 Å². The lowest BCUT2D eigenvalue weighted by Crippen LogP contribution is -2.44. The van der Waals surface area contributed by atoms with Crippen LogP contribution in [0.25, 0.3) is 0 Å². The molecule has 24 heavy (non-hydrogen) atoms. The van der Waals surface area contributed by atoms with Gasteiger partial charge in [0.25, 0.3) is 0 Å². The third kappa shape index (κ3) is 10.4. The molecule has 0 heterocycles. The van der Waals surface area contributed by atoms with E-state index in [0.717, 1.165) is 0 Å². The van der Waals surface area contributed by atoms with Gasteiger partial charge in [-0.05, 0) is 27.2 Å². The summed E-state index contributed by atoms with van der Waals surface area (Å²) in [5.41, 5.74) is -0.747. The summed E-state index contributed by atoms with van der Waals surface area (Å²) in [7, 11) is 1.22. The Labute approximate surface area is 141 Å². The Morgan fingerprint density at radius 3 is 2.29 bits per heavy atom. The summed E-state index contributed by atoms with van der Waals surface area (Å²) in [5, 5.41) is 2.37. The molecule has 0 aromatic heterocycles. The Morgan fingerprint density at radius 1 is 1.17 bits per heavy atom. The Kier molecular flexibility index (Phi) is 9.37. The normalized spacial score (nSPS) is 11.8. The minimum atomic E-state index is -1.06. The van der Waals surface area contributed by atoms with Crippen LogP contribution in [0.15, 0.2) is 12.7 Å². The maximum atomic E-state index is 12.2. The number of Topliss-reactive ketones (excluding diaryl/α,β-unsaturated/α-hetero) is 1. The summed E-state index contributed by atoms with van der Waals surface area (Å²) in [6.07, 6.45) is -0.0831. The summed E-state index contributed by atoms with van der Waals surface area (Å²) in [6.45, 7) is 8.39. The smallest absolute Gasteiger partial charge is 0.408 e. The Hall–Kier alpha value is -2.38. The van der Waals surface area contributed by atoms with Crippen molar-refractivity contribution in [2.24, 2.45) is 0 Å². The van der Waals surface area contributed by atoms with Crippen molar-refractivity contribution in [3.8, 4) is 0 Å². The number of ketones is 1. The van der Waals surface area contributed by atoms with Crippen molar-refractivity contribution in [2.75, 3.05) is 13.7 Å². The van der Waals surface area contributed by atoms with Gasteiger partial charge in [-0.1, -0.05) is 12.7 Å². The van der Waals surface area contributed by atoms with E-state index in [1.54, 1.807) is 20.8 Å². The number of nitrogens with one attached hydrogen (secondary N) is 1. The van der Waals surface area contributed by atoms with Crippen LogP contribution >= 0.6 is 0 Å². The van der Waals surface area contributed by atoms with Crippen molar-refractivity contribution in [2.45, 2.75) is 51.7 Å².